The van der Waals surface area contributed by atoms with Crippen molar-refractivity contribution in [2.45, 2.75) is 25.5 Å². The van der Waals surface area contributed by atoms with Crippen LogP contribution in [0.2, 0.25) is 10.3 Å². The first-order chi connectivity index (χ1) is 15.5. The molecule has 1 aromatic heterocycles. The molecule has 0 radical (unpaired) electrons. The second kappa shape index (κ2) is 10.3. The van der Waals surface area contributed by atoms with Gasteiger partial charge in [-0.05, 0) is 43.3 Å². The van der Waals surface area contributed by atoms with Gasteiger partial charge in [0.2, 0.25) is 5.91 Å². The van der Waals surface area contributed by atoms with E-state index in [0.717, 1.165) is 11.4 Å². The van der Waals surface area contributed by atoms with Crippen molar-refractivity contribution in [3.05, 3.63) is 60.6 Å². The summed E-state index contributed by atoms with van der Waals surface area (Å²) in [6.07, 6.45) is -0.398. The number of piperazine rings is 1. The number of nitrogens with zero attached hydrogens (tertiary/aromatic N) is 3. The summed E-state index contributed by atoms with van der Waals surface area (Å²) < 4.78 is 5.23. The number of amides is 2. The molecule has 1 atom stereocenters. The zero-order valence-corrected chi connectivity index (χ0v) is 20.1. The van der Waals surface area contributed by atoms with Crippen LogP contribution in [0.4, 0.5) is 21.9 Å². The molecule has 8 nitrogen and oxygen atoms in total. The Bertz CT molecular complexity index is 987. The van der Waals surface area contributed by atoms with Gasteiger partial charge in [0.25, 0.3) is 0 Å². The van der Waals surface area contributed by atoms with Gasteiger partial charge < -0.3 is 25.2 Å². The summed E-state index contributed by atoms with van der Waals surface area (Å²) in [6, 6.07) is 10.4. The molecule has 0 spiro atoms. The number of ether oxygens (including phenoxy) is 1. The van der Waals surface area contributed by atoms with Gasteiger partial charge in [-0.2, -0.15) is 0 Å². The van der Waals surface area contributed by atoms with Gasteiger partial charge in [-0.3, -0.25) is 4.79 Å². The van der Waals surface area contributed by atoms with E-state index in [1.807, 2.05) is 24.3 Å². The highest BCUT2D eigenvalue weighted by molar-refractivity contribution is 6.34. The lowest BCUT2D eigenvalue weighted by Crippen LogP contribution is -2.50. The molecule has 2 N–H and O–H groups in total. The highest BCUT2D eigenvalue weighted by Gasteiger charge is 2.34. The summed E-state index contributed by atoms with van der Waals surface area (Å²) in [5, 5.41) is 6.29. The summed E-state index contributed by atoms with van der Waals surface area (Å²) in [5.41, 5.74) is 1.23. The second-order valence-corrected chi connectivity index (χ2v) is 8.91. The maximum absolute atomic E-state index is 12.5. The zero-order chi connectivity index (χ0) is 24.2. The molecule has 2 amide bonds. The SMILES string of the molecule is [CH2+]C([CH2+])(C)OC(=O)N1CCN(c2ccc(NC(C)C(=O)Nc3ccc(Cl)nc3Cl)cc2)CC1. The molecule has 0 saturated carbocycles. The minimum Gasteiger partial charge on any atom is -0.374 e. The number of rotatable bonds is 6. The Kier molecular flexibility index (Phi) is 7.71. The lowest BCUT2D eigenvalue weighted by Gasteiger charge is -2.35. The van der Waals surface area contributed by atoms with Gasteiger partial charge in [-0.1, -0.05) is 23.2 Å². The van der Waals surface area contributed by atoms with Gasteiger partial charge in [-0.25, -0.2) is 9.78 Å². The predicted molar refractivity (Wildman–Crippen MR) is 132 cm³/mol. The molecule has 10 heteroatoms. The van der Waals surface area contributed by atoms with Crippen LogP contribution in [0.15, 0.2) is 36.4 Å². The Morgan fingerprint density at radius 1 is 1.09 bits per heavy atom. The van der Waals surface area contributed by atoms with Crippen molar-refractivity contribution < 1.29 is 14.3 Å². The topological polar surface area (TPSA) is 86.8 Å². The first-order valence-electron chi connectivity index (χ1n) is 10.4. The Hall–Kier alpha value is -2.97. The largest absolute Gasteiger partial charge is 0.416 e. The van der Waals surface area contributed by atoms with Crippen LogP contribution in [0.3, 0.4) is 0 Å². The van der Waals surface area contributed by atoms with Crippen LogP contribution in [-0.4, -0.2) is 59.7 Å². The molecule has 1 saturated heterocycles. The fourth-order valence-corrected chi connectivity index (χ4v) is 3.64. The fraction of sp³-hybridized carbons (Fsp3) is 0.348. The Morgan fingerprint density at radius 3 is 2.30 bits per heavy atom. The molecule has 33 heavy (non-hydrogen) atoms. The molecular formula is C23H27Cl2N5O3+2. The lowest BCUT2D eigenvalue weighted by atomic mass is 10.2. The third-order valence-electron chi connectivity index (χ3n) is 4.95. The second-order valence-electron chi connectivity index (χ2n) is 8.17. The van der Waals surface area contributed by atoms with Gasteiger partial charge in [0, 0.05) is 37.6 Å². The quantitative estimate of drug-likeness (QED) is 0.456. The molecule has 0 aliphatic carbocycles. The van der Waals surface area contributed by atoms with Crippen LogP contribution >= 0.6 is 23.2 Å². The summed E-state index contributed by atoms with van der Waals surface area (Å²) >= 11 is 11.8. The minimum atomic E-state index is -0.997. The first kappa shape index (κ1) is 24.7. The third kappa shape index (κ3) is 7.00. The van der Waals surface area contributed by atoms with Crippen molar-refractivity contribution in [1.29, 1.82) is 0 Å². The van der Waals surface area contributed by atoms with Crippen molar-refractivity contribution in [2.24, 2.45) is 0 Å². The van der Waals surface area contributed by atoms with E-state index in [2.05, 4.69) is 34.4 Å². The number of carbonyl (C=O) groups is 2. The Balaban J connectivity index is 1.51. The number of halogens is 2. The van der Waals surface area contributed by atoms with Gasteiger partial charge in [0.15, 0.2) is 19.0 Å². The maximum Gasteiger partial charge on any atom is 0.416 e. The number of aromatic nitrogens is 1. The van der Waals surface area contributed by atoms with Crippen LogP contribution in [0.25, 0.3) is 0 Å². The van der Waals surface area contributed by atoms with Crippen molar-refractivity contribution in [3.63, 3.8) is 0 Å². The highest BCUT2D eigenvalue weighted by Crippen LogP contribution is 2.23. The van der Waals surface area contributed by atoms with E-state index in [4.69, 9.17) is 27.9 Å². The standard InChI is InChI=1S/C23H26Cl2N5O3/c1-15(21(31)27-18-9-10-19(24)28-20(18)25)26-16-5-7-17(8-6-16)29-11-13-30(14-12-29)22(32)33-23(2,3)4/h5-10,15,26H,2-3,11-14H2,1,4H3/q+1/p+1. The molecule has 3 rings (SSSR count). The van der Waals surface area contributed by atoms with Gasteiger partial charge in [0.05, 0.1) is 12.6 Å². The molecule has 0 bridgehead atoms. The van der Waals surface area contributed by atoms with E-state index >= 15 is 0 Å². The molecule has 1 aliphatic heterocycles. The van der Waals surface area contributed by atoms with E-state index in [-0.39, 0.29) is 16.2 Å². The van der Waals surface area contributed by atoms with E-state index in [1.54, 1.807) is 30.9 Å². The van der Waals surface area contributed by atoms with Crippen LogP contribution in [0.5, 0.6) is 0 Å². The summed E-state index contributed by atoms with van der Waals surface area (Å²) in [6.45, 7) is 13.3. The van der Waals surface area contributed by atoms with Crippen LogP contribution in [0, 0.1) is 13.8 Å². The van der Waals surface area contributed by atoms with E-state index in [0.29, 0.717) is 31.9 Å². The molecule has 1 fully saturated rings. The smallest absolute Gasteiger partial charge is 0.374 e. The highest BCUT2D eigenvalue weighted by atomic mass is 35.5. The van der Waals surface area contributed by atoms with Crippen molar-refractivity contribution in [3.8, 4) is 0 Å². The number of hydrogen-bond donors (Lipinski definition) is 2. The van der Waals surface area contributed by atoms with E-state index < -0.39 is 17.7 Å². The molecular weight excluding hydrogens is 465 g/mol. The minimum absolute atomic E-state index is 0.132. The monoisotopic (exact) mass is 491 g/mol. The fourth-order valence-electron chi connectivity index (χ4n) is 3.25. The summed E-state index contributed by atoms with van der Waals surface area (Å²) in [4.78, 5) is 32.4. The number of benzene rings is 1. The van der Waals surface area contributed by atoms with Crippen molar-refractivity contribution >= 4 is 52.3 Å². The molecule has 1 unspecified atom stereocenters. The average Bonchev–Trinajstić information content (AvgIpc) is 2.75. The van der Waals surface area contributed by atoms with Crippen LogP contribution in [-0.2, 0) is 9.53 Å². The van der Waals surface area contributed by atoms with Crippen molar-refractivity contribution in [1.82, 2.24) is 9.88 Å². The molecule has 1 aliphatic rings. The molecule has 174 valence electrons. The number of carbonyl (C=O) groups excluding carboxylic acids is 2. The maximum atomic E-state index is 12.5. The Labute approximate surface area is 204 Å². The first-order valence-corrected chi connectivity index (χ1v) is 11.2. The molecule has 2 aromatic rings. The molecule has 1 aromatic carbocycles. The van der Waals surface area contributed by atoms with Gasteiger partial charge in [0.1, 0.15) is 11.2 Å². The summed E-state index contributed by atoms with van der Waals surface area (Å²) in [7, 11) is 0. The van der Waals surface area contributed by atoms with Crippen LogP contribution < -0.4 is 15.5 Å². The van der Waals surface area contributed by atoms with Crippen LogP contribution in [0.1, 0.15) is 13.8 Å². The van der Waals surface area contributed by atoms with E-state index in [9.17, 15) is 9.59 Å². The number of anilines is 3. The predicted octanol–water partition coefficient (Wildman–Crippen LogP) is 4.51. The van der Waals surface area contributed by atoms with Gasteiger partial charge >= 0.3 is 11.7 Å². The molecule has 2 heterocycles. The lowest BCUT2D eigenvalue weighted by molar-refractivity contribution is -0.116. The number of nitrogens with one attached hydrogen (secondary N) is 2. The number of hydrogen-bond acceptors (Lipinski definition) is 6. The normalized spacial score (nSPS) is 15.0. The van der Waals surface area contributed by atoms with Gasteiger partial charge in [-0.15, -0.1) is 0 Å². The Morgan fingerprint density at radius 2 is 1.73 bits per heavy atom. The summed E-state index contributed by atoms with van der Waals surface area (Å²) in [5.74, 6) is -0.256. The van der Waals surface area contributed by atoms with Crippen molar-refractivity contribution in [2.75, 3.05) is 41.7 Å². The third-order valence-corrected chi connectivity index (χ3v) is 5.45. The zero-order valence-electron chi connectivity index (χ0n) is 18.6. The van der Waals surface area contributed by atoms with E-state index in [1.165, 1.54) is 0 Å². The number of pyridine rings is 1. The average molecular weight is 492 g/mol.